The number of hydrogen-bond acceptors (Lipinski definition) is 3. The number of rotatable bonds is 2. The number of aliphatic hydroxyl groups excluding tert-OH is 1. The molecule has 0 unspecified atom stereocenters. The SMILES string of the molecule is Cc1csc(-c2c[nH]c(CO)n2)c1. The Hall–Kier alpha value is -1.13. The third kappa shape index (κ3) is 1.64. The number of hydrogen-bond donors (Lipinski definition) is 2. The molecule has 0 saturated heterocycles. The molecule has 0 aromatic carbocycles. The minimum absolute atomic E-state index is 0.0373. The Balaban J connectivity index is 2.35. The number of aromatic nitrogens is 2. The zero-order chi connectivity index (χ0) is 9.26. The Kier molecular flexibility index (Phi) is 2.16. The highest BCUT2D eigenvalue weighted by Gasteiger charge is 2.04. The van der Waals surface area contributed by atoms with Gasteiger partial charge in [-0.3, -0.25) is 0 Å². The van der Waals surface area contributed by atoms with Gasteiger partial charge in [0.15, 0.2) is 0 Å². The second-order valence-corrected chi connectivity index (χ2v) is 3.79. The van der Waals surface area contributed by atoms with Crippen LogP contribution in [0.25, 0.3) is 10.6 Å². The fourth-order valence-corrected chi connectivity index (χ4v) is 1.99. The molecule has 2 aromatic heterocycles. The molecule has 0 saturated carbocycles. The molecule has 0 bridgehead atoms. The number of H-pyrrole nitrogens is 1. The molecule has 0 spiro atoms. The van der Waals surface area contributed by atoms with Crippen LogP contribution in [0.2, 0.25) is 0 Å². The fourth-order valence-electron chi connectivity index (χ4n) is 1.13. The van der Waals surface area contributed by atoms with Gasteiger partial charge >= 0.3 is 0 Å². The fraction of sp³-hybridized carbons (Fsp3) is 0.222. The average Bonchev–Trinajstić information content (AvgIpc) is 2.71. The van der Waals surface area contributed by atoms with Crippen LogP contribution in [-0.2, 0) is 6.61 Å². The lowest BCUT2D eigenvalue weighted by atomic mass is 10.3. The van der Waals surface area contributed by atoms with E-state index in [-0.39, 0.29) is 6.61 Å². The van der Waals surface area contributed by atoms with Crippen molar-refractivity contribution in [3.8, 4) is 10.6 Å². The third-order valence-corrected chi connectivity index (χ3v) is 2.83. The molecule has 4 heteroatoms. The lowest BCUT2D eigenvalue weighted by Gasteiger charge is -1.86. The van der Waals surface area contributed by atoms with Gasteiger partial charge in [0.05, 0.1) is 10.6 Å². The van der Waals surface area contributed by atoms with Gasteiger partial charge < -0.3 is 10.1 Å². The maximum Gasteiger partial charge on any atom is 0.132 e. The van der Waals surface area contributed by atoms with Crippen LogP contribution in [0.15, 0.2) is 17.6 Å². The standard InChI is InChI=1S/C9H10N2OS/c1-6-2-8(13-5-6)7-3-10-9(4-12)11-7/h2-3,5,12H,4H2,1H3,(H,10,11). The van der Waals surface area contributed by atoms with E-state index in [1.165, 1.54) is 5.56 Å². The summed E-state index contributed by atoms with van der Waals surface area (Å²) in [5.74, 6) is 0.612. The first-order valence-corrected chi connectivity index (χ1v) is 4.88. The number of aryl methyl sites for hydroxylation is 1. The highest BCUT2D eigenvalue weighted by Crippen LogP contribution is 2.24. The topological polar surface area (TPSA) is 48.9 Å². The first kappa shape index (κ1) is 8.47. The maximum atomic E-state index is 8.81. The van der Waals surface area contributed by atoms with Gasteiger partial charge in [-0.2, -0.15) is 0 Å². The van der Waals surface area contributed by atoms with Gasteiger partial charge in [0.1, 0.15) is 12.4 Å². The molecular formula is C9H10N2OS. The molecule has 68 valence electrons. The van der Waals surface area contributed by atoms with Gasteiger partial charge in [0.25, 0.3) is 0 Å². The maximum absolute atomic E-state index is 8.81. The number of aliphatic hydroxyl groups is 1. The predicted octanol–water partition coefficient (Wildman–Crippen LogP) is 1.94. The Bertz CT molecular complexity index is 405. The van der Waals surface area contributed by atoms with Crippen molar-refractivity contribution in [3.63, 3.8) is 0 Å². The van der Waals surface area contributed by atoms with Crippen LogP contribution >= 0.6 is 11.3 Å². The van der Waals surface area contributed by atoms with Crippen LogP contribution in [0.1, 0.15) is 11.4 Å². The monoisotopic (exact) mass is 194 g/mol. The van der Waals surface area contributed by atoms with Crippen LogP contribution in [0, 0.1) is 6.92 Å². The molecule has 13 heavy (non-hydrogen) atoms. The third-order valence-electron chi connectivity index (χ3n) is 1.76. The summed E-state index contributed by atoms with van der Waals surface area (Å²) >= 11 is 1.66. The summed E-state index contributed by atoms with van der Waals surface area (Å²) in [5.41, 5.74) is 2.15. The summed E-state index contributed by atoms with van der Waals surface area (Å²) in [5, 5.41) is 10.9. The van der Waals surface area contributed by atoms with Crippen molar-refractivity contribution in [2.75, 3.05) is 0 Å². The van der Waals surface area contributed by atoms with E-state index in [9.17, 15) is 0 Å². The van der Waals surface area contributed by atoms with Crippen LogP contribution in [-0.4, -0.2) is 15.1 Å². The van der Waals surface area contributed by atoms with Crippen LogP contribution in [0.4, 0.5) is 0 Å². The van der Waals surface area contributed by atoms with Crippen molar-refractivity contribution in [2.45, 2.75) is 13.5 Å². The molecule has 0 radical (unpaired) electrons. The van der Waals surface area contributed by atoms with Crippen molar-refractivity contribution >= 4 is 11.3 Å². The van der Waals surface area contributed by atoms with Gasteiger partial charge in [0.2, 0.25) is 0 Å². The van der Waals surface area contributed by atoms with E-state index in [2.05, 4.69) is 28.3 Å². The predicted molar refractivity (Wildman–Crippen MR) is 52.6 cm³/mol. The van der Waals surface area contributed by atoms with E-state index >= 15 is 0 Å². The molecule has 0 aliphatic carbocycles. The van der Waals surface area contributed by atoms with Crippen molar-refractivity contribution in [1.29, 1.82) is 0 Å². The lowest BCUT2D eigenvalue weighted by molar-refractivity contribution is 0.272. The molecular weight excluding hydrogens is 184 g/mol. The van der Waals surface area contributed by atoms with Crippen molar-refractivity contribution in [3.05, 3.63) is 29.0 Å². The zero-order valence-electron chi connectivity index (χ0n) is 7.24. The van der Waals surface area contributed by atoms with Gasteiger partial charge in [0, 0.05) is 6.20 Å². The van der Waals surface area contributed by atoms with Crippen molar-refractivity contribution in [2.24, 2.45) is 0 Å². The first-order valence-electron chi connectivity index (χ1n) is 4.00. The number of nitrogens with zero attached hydrogens (tertiary/aromatic N) is 1. The average molecular weight is 194 g/mol. The number of imidazole rings is 1. The van der Waals surface area contributed by atoms with E-state index in [1.54, 1.807) is 11.3 Å². The molecule has 3 nitrogen and oxygen atoms in total. The lowest BCUT2D eigenvalue weighted by Crippen LogP contribution is -1.83. The highest BCUT2D eigenvalue weighted by molar-refractivity contribution is 7.13. The summed E-state index contributed by atoms with van der Waals surface area (Å²) in [6, 6.07) is 2.09. The molecule has 2 rings (SSSR count). The number of thiophene rings is 1. The van der Waals surface area contributed by atoms with Gasteiger partial charge in [-0.15, -0.1) is 11.3 Å². The molecule has 0 atom stereocenters. The largest absolute Gasteiger partial charge is 0.388 e. The molecule has 0 aliphatic rings. The molecule has 2 aromatic rings. The minimum atomic E-state index is -0.0373. The van der Waals surface area contributed by atoms with E-state index < -0.39 is 0 Å². The molecule has 0 amide bonds. The molecule has 0 aliphatic heterocycles. The summed E-state index contributed by atoms with van der Waals surface area (Å²) in [4.78, 5) is 8.26. The minimum Gasteiger partial charge on any atom is -0.388 e. The van der Waals surface area contributed by atoms with E-state index in [4.69, 9.17) is 5.11 Å². The van der Waals surface area contributed by atoms with Gasteiger partial charge in [-0.1, -0.05) is 0 Å². The molecule has 0 fully saturated rings. The van der Waals surface area contributed by atoms with Crippen LogP contribution in [0.5, 0.6) is 0 Å². The normalized spacial score (nSPS) is 10.6. The van der Waals surface area contributed by atoms with Gasteiger partial charge in [-0.05, 0) is 23.9 Å². The molecule has 2 N–H and O–H groups in total. The van der Waals surface area contributed by atoms with Crippen LogP contribution < -0.4 is 0 Å². The van der Waals surface area contributed by atoms with Crippen molar-refractivity contribution < 1.29 is 5.11 Å². The quantitative estimate of drug-likeness (QED) is 0.767. The smallest absolute Gasteiger partial charge is 0.132 e. The zero-order valence-corrected chi connectivity index (χ0v) is 8.06. The number of nitrogens with one attached hydrogen (secondary N) is 1. The summed E-state index contributed by atoms with van der Waals surface area (Å²) in [7, 11) is 0. The van der Waals surface area contributed by atoms with E-state index in [0.29, 0.717) is 5.82 Å². The van der Waals surface area contributed by atoms with Gasteiger partial charge in [-0.25, -0.2) is 4.98 Å². The number of aromatic amines is 1. The summed E-state index contributed by atoms with van der Waals surface area (Å²) in [6.07, 6.45) is 1.82. The Morgan fingerprint density at radius 1 is 1.62 bits per heavy atom. The van der Waals surface area contributed by atoms with Crippen LogP contribution in [0.3, 0.4) is 0 Å². The summed E-state index contributed by atoms with van der Waals surface area (Å²) < 4.78 is 0. The summed E-state index contributed by atoms with van der Waals surface area (Å²) in [6.45, 7) is 2.02. The van der Waals surface area contributed by atoms with Crippen molar-refractivity contribution in [1.82, 2.24) is 9.97 Å². The molecule has 2 heterocycles. The first-order chi connectivity index (χ1) is 6.29. The Morgan fingerprint density at radius 3 is 3.00 bits per heavy atom. The highest BCUT2D eigenvalue weighted by atomic mass is 32.1. The Morgan fingerprint density at radius 2 is 2.46 bits per heavy atom. The second kappa shape index (κ2) is 3.32. The van der Waals surface area contributed by atoms with E-state index in [0.717, 1.165) is 10.6 Å². The Labute approximate surface area is 80.1 Å². The second-order valence-electron chi connectivity index (χ2n) is 2.88. The van der Waals surface area contributed by atoms with E-state index in [1.807, 2.05) is 6.20 Å².